The zero-order valence-corrected chi connectivity index (χ0v) is 13.1. The second kappa shape index (κ2) is 8.49. The number of methoxy groups -OCH3 is 1. The summed E-state index contributed by atoms with van der Waals surface area (Å²) in [4.78, 5) is 16.9. The summed E-state index contributed by atoms with van der Waals surface area (Å²) in [5.41, 5.74) is 6.44. The number of ether oxygens (including phenoxy) is 1. The third-order valence-electron chi connectivity index (χ3n) is 2.87. The molecule has 2 atom stereocenters. The topological polar surface area (TPSA) is 85.9 Å². The van der Waals surface area contributed by atoms with Crippen molar-refractivity contribution in [1.82, 2.24) is 5.32 Å². The van der Waals surface area contributed by atoms with Crippen LogP contribution in [0.2, 0.25) is 5.02 Å². The number of rotatable bonds is 7. The van der Waals surface area contributed by atoms with E-state index >= 15 is 0 Å². The number of nitrogens with one attached hydrogen (secondary N) is 1. The van der Waals surface area contributed by atoms with Crippen LogP contribution in [0.1, 0.15) is 19.4 Å². The van der Waals surface area contributed by atoms with Crippen LogP contribution >= 0.6 is 11.6 Å². The lowest BCUT2D eigenvalue weighted by Crippen LogP contribution is -2.34. The molecular weight excluding hydrogens is 294 g/mol. The molecule has 0 aliphatic carbocycles. The summed E-state index contributed by atoms with van der Waals surface area (Å²) in [5.74, 6) is -0.139. The minimum absolute atomic E-state index is 0.170. The molecule has 0 aromatic heterocycles. The first-order valence-electron chi connectivity index (χ1n) is 6.48. The minimum atomic E-state index is -0.768. The first-order chi connectivity index (χ1) is 9.95. The van der Waals surface area contributed by atoms with Gasteiger partial charge in [-0.1, -0.05) is 35.0 Å². The van der Waals surface area contributed by atoms with Crippen LogP contribution in [-0.2, 0) is 20.9 Å². The molecule has 1 aromatic rings. The monoisotopic (exact) mass is 313 g/mol. The van der Waals surface area contributed by atoms with Crippen LogP contribution in [0.3, 0.4) is 0 Å². The molecular formula is C14H20ClN3O3. The van der Waals surface area contributed by atoms with Crippen LogP contribution in [0.25, 0.3) is 0 Å². The van der Waals surface area contributed by atoms with E-state index in [2.05, 4.69) is 10.5 Å². The Kier molecular flexibility index (Phi) is 6.98. The molecule has 0 fully saturated rings. The Morgan fingerprint density at radius 2 is 2.05 bits per heavy atom. The van der Waals surface area contributed by atoms with Gasteiger partial charge in [0, 0.05) is 18.7 Å². The molecule has 1 rings (SSSR count). The average molecular weight is 314 g/mol. The summed E-state index contributed by atoms with van der Waals surface area (Å²) in [6.07, 6.45) is -1.14. The molecule has 6 nitrogen and oxygen atoms in total. The number of carbonyl (C=O) groups excluding carboxylic acids is 1. The largest absolute Gasteiger partial charge is 0.382 e. The lowest BCUT2D eigenvalue weighted by atomic mass is 10.2. The lowest BCUT2D eigenvalue weighted by molar-refractivity contribution is -0.131. The van der Waals surface area contributed by atoms with E-state index in [1.807, 2.05) is 18.2 Å². The third kappa shape index (κ3) is 5.61. The van der Waals surface area contributed by atoms with E-state index in [4.69, 9.17) is 26.9 Å². The van der Waals surface area contributed by atoms with E-state index in [1.54, 1.807) is 19.9 Å². The molecule has 0 aliphatic heterocycles. The van der Waals surface area contributed by atoms with Gasteiger partial charge in [-0.15, -0.1) is 0 Å². The number of amidine groups is 1. The van der Waals surface area contributed by atoms with Crippen LogP contribution in [0, 0.1) is 0 Å². The molecule has 21 heavy (non-hydrogen) atoms. The number of carbonyl (C=O) groups is 1. The van der Waals surface area contributed by atoms with Crippen molar-refractivity contribution >= 4 is 23.3 Å². The standard InChI is InChI=1S/C14H20ClN3O3/c1-9(20-3)13(16)18-21-10(2)14(19)17-8-11-6-4-5-7-12(11)15/h4-7,9-10H,8H2,1-3H3,(H2,16,18)(H,17,19). The molecule has 116 valence electrons. The van der Waals surface area contributed by atoms with Gasteiger partial charge in [0.1, 0.15) is 6.10 Å². The summed E-state index contributed by atoms with van der Waals surface area (Å²) in [5, 5.41) is 6.99. The van der Waals surface area contributed by atoms with Crippen molar-refractivity contribution in [3.8, 4) is 0 Å². The second-order valence-electron chi connectivity index (χ2n) is 4.45. The van der Waals surface area contributed by atoms with Gasteiger partial charge in [0.25, 0.3) is 5.91 Å². The van der Waals surface area contributed by atoms with Crippen molar-refractivity contribution in [1.29, 1.82) is 0 Å². The minimum Gasteiger partial charge on any atom is -0.382 e. The smallest absolute Gasteiger partial charge is 0.263 e. The van der Waals surface area contributed by atoms with Gasteiger partial charge >= 0.3 is 0 Å². The number of amides is 1. The SMILES string of the molecule is COC(C)/C(N)=N/OC(C)C(=O)NCc1ccccc1Cl. The fourth-order valence-electron chi connectivity index (χ4n) is 1.35. The molecule has 0 spiro atoms. The van der Waals surface area contributed by atoms with E-state index < -0.39 is 6.10 Å². The quantitative estimate of drug-likeness (QED) is 0.455. The van der Waals surface area contributed by atoms with Gasteiger partial charge in [-0.3, -0.25) is 4.79 Å². The zero-order valence-electron chi connectivity index (χ0n) is 12.3. The Labute approximate surface area is 129 Å². The molecule has 2 unspecified atom stereocenters. The van der Waals surface area contributed by atoms with Crippen molar-refractivity contribution in [3.05, 3.63) is 34.9 Å². The Hall–Kier alpha value is -1.79. The molecule has 1 amide bonds. The number of nitrogens with zero attached hydrogens (tertiary/aromatic N) is 1. The summed E-state index contributed by atoms with van der Waals surface area (Å²) in [6.45, 7) is 3.63. The Balaban J connectivity index is 2.47. The molecule has 3 N–H and O–H groups in total. The molecule has 0 saturated heterocycles. The van der Waals surface area contributed by atoms with Crippen molar-refractivity contribution in [2.45, 2.75) is 32.6 Å². The number of halogens is 1. The molecule has 0 bridgehead atoms. The van der Waals surface area contributed by atoms with E-state index in [0.717, 1.165) is 5.56 Å². The maximum absolute atomic E-state index is 11.9. The van der Waals surface area contributed by atoms with E-state index in [-0.39, 0.29) is 17.8 Å². The molecule has 0 heterocycles. The predicted molar refractivity (Wildman–Crippen MR) is 81.9 cm³/mol. The fourth-order valence-corrected chi connectivity index (χ4v) is 1.55. The van der Waals surface area contributed by atoms with Gasteiger partial charge in [0.05, 0.1) is 0 Å². The normalized spacial score (nSPS) is 14.4. The van der Waals surface area contributed by atoms with Crippen LogP contribution in [0.15, 0.2) is 29.4 Å². The van der Waals surface area contributed by atoms with Crippen LogP contribution in [0.5, 0.6) is 0 Å². The van der Waals surface area contributed by atoms with E-state index in [1.165, 1.54) is 7.11 Å². The summed E-state index contributed by atoms with van der Waals surface area (Å²) in [6, 6.07) is 7.28. The first-order valence-corrected chi connectivity index (χ1v) is 6.86. The van der Waals surface area contributed by atoms with E-state index in [0.29, 0.717) is 11.6 Å². The molecule has 1 aromatic carbocycles. The maximum atomic E-state index is 11.9. The number of oxime groups is 1. The first kappa shape index (κ1) is 17.3. The summed E-state index contributed by atoms with van der Waals surface area (Å²) >= 11 is 6.01. The molecule has 0 aliphatic rings. The van der Waals surface area contributed by atoms with Crippen molar-refractivity contribution in [2.75, 3.05) is 7.11 Å². The van der Waals surface area contributed by atoms with Gasteiger partial charge in [-0.05, 0) is 25.5 Å². The van der Waals surface area contributed by atoms with E-state index in [9.17, 15) is 4.79 Å². The Morgan fingerprint density at radius 3 is 2.67 bits per heavy atom. The van der Waals surface area contributed by atoms with Gasteiger partial charge in [-0.25, -0.2) is 0 Å². The number of benzene rings is 1. The zero-order chi connectivity index (χ0) is 15.8. The Morgan fingerprint density at radius 1 is 1.38 bits per heavy atom. The van der Waals surface area contributed by atoms with Crippen molar-refractivity contribution in [3.63, 3.8) is 0 Å². The van der Waals surface area contributed by atoms with Crippen molar-refractivity contribution < 1.29 is 14.4 Å². The average Bonchev–Trinajstić information content (AvgIpc) is 2.50. The number of hydrogen-bond donors (Lipinski definition) is 2. The van der Waals surface area contributed by atoms with Crippen LogP contribution in [-0.4, -0.2) is 31.1 Å². The second-order valence-corrected chi connectivity index (χ2v) is 4.86. The maximum Gasteiger partial charge on any atom is 0.263 e. The van der Waals surface area contributed by atoms with Crippen molar-refractivity contribution in [2.24, 2.45) is 10.9 Å². The summed E-state index contributed by atoms with van der Waals surface area (Å²) < 4.78 is 4.97. The Bertz CT molecular complexity index is 508. The highest BCUT2D eigenvalue weighted by molar-refractivity contribution is 6.31. The highest BCUT2D eigenvalue weighted by Crippen LogP contribution is 2.14. The summed E-state index contributed by atoms with van der Waals surface area (Å²) in [7, 11) is 1.51. The van der Waals surface area contributed by atoms with Gasteiger partial charge < -0.3 is 20.6 Å². The lowest BCUT2D eigenvalue weighted by Gasteiger charge is -2.13. The fraction of sp³-hybridized carbons (Fsp3) is 0.429. The van der Waals surface area contributed by atoms with Gasteiger partial charge in [0.15, 0.2) is 5.84 Å². The number of nitrogens with two attached hydrogens (primary N) is 1. The van der Waals surface area contributed by atoms with Gasteiger partial charge in [0.2, 0.25) is 6.10 Å². The molecule has 0 radical (unpaired) electrons. The molecule has 7 heteroatoms. The van der Waals surface area contributed by atoms with Crippen LogP contribution in [0.4, 0.5) is 0 Å². The number of hydrogen-bond acceptors (Lipinski definition) is 4. The predicted octanol–water partition coefficient (Wildman–Crippen LogP) is 1.67. The molecule has 0 saturated carbocycles. The third-order valence-corrected chi connectivity index (χ3v) is 3.24. The highest BCUT2D eigenvalue weighted by atomic mass is 35.5. The van der Waals surface area contributed by atoms with Crippen LogP contribution < -0.4 is 11.1 Å². The highest BCUT2D eigenvalue weighted by Gasteiger charge is 2.15. The van der Waals surface area contributed by atoms with Gasteiger partial charge in [-0.2, -0.15) is 0 Å².